The summed E-state index contributed by atoms with van der Waals surface area (Å²) >= 11 is 0. The summed E-state index contributed by atoms with van der Waals surface area (Å²) in [5, 5.41) is 3.83. The summed E-state index contributed by atoms with van der Waals surface area (Å²) in [6, 6.07) is 11.2. The number of nitrogens with one attached hydrogen (secondary N) is 1. The van der Waals surface area contributed by atoms with Crippen molar-refractivity contribution >= 4 is 0 Å². The second-order valence-corrected chi connectivity index (χ2v) is 6.74. The van der Waals surface area contributed by atoms with Gasteiger partial charge in [0.05, 0.1) is 0 Å². The summed E-state index contributed by atoms with van der Waals surface area (Å²) in [7, 11) is 4.39. The molecule has 21 heavy (non-hydrogen) atoms. The van der Waals surface area contributed by atoms with E-state index in [4.69, 9.17) is 4.74 Å². The molecule has 1 atom stereocenters. The van der Waals surface area contributed by atoms with E-state index in [9.17, 15) is 0 Å². The van der Waals surface area contributed by atoms with Crippen molar-refractivity contribution in [1.29, 1.82) is 0 Å². The lowest BCUT2D eigenvalue weighted by molar-refractivity contribution is -0.00895. The van der Waals surface area contributed by atoms with Crippen molar-refractivity contribution in [2.24, 2.45) is 5.92 Å². The molecule has 0 saturated carbocycles. The molecule has 1 aromatic carbocycles. The van der Waals surface area contributed by atoms with Gasteiger partial charge in [-0.15, -0.1) is 0 Å². The van der Waals surface area contributed by atoms with Crippen molar-refractivity contribution in [2.45, 2.75) is 38.3 Å². The van der Waals surface area contributed by atoms with Gasteiger partial charge in [-0.3, -0.25) is 0 Å². The predicted molar refractivity (Wildman–Crippen MR) is 88.5 cm³/mol. The first-order valence-electron chi connectivity index (χ1n) is 8.09. The van der Waals surface area contributed by atoms with Crippen molar-refractivity contribution in [1.82, 2.24) is 10.2 Å². The van der Waals surface area contributed by atoms with Crippen LogP contribution in [0.4, 0.5) is 0 Å². The van der Waals surface area contributed by atoms with Gasteiger partial charge in [0.1, 0.15) is 0 Å². The Balaban J connectivity index is 2.07. The van der Waals surface area contributed by atoms with Gasteiger partial charge in [0.15, 0.2) is 0 Å². The Morgan fingerprint density at radius 2 is 1.76 bits per heavy atom. The quantitative estimate of drug-likeness (QED) is 0.871. The van der Waals surface area contributed by atoms with Gasteiger partial charge in [0.2, 0.25) is 0 Å². The first kappa shape index (κ1) is 16.5. The fourth-order valence-corrected chi connectivity index (χ4v) is 3.23. The standard InChI is InChI=1S/C18H30N2O/c1-15(2)17(16-8-6-5-7-9-16)19-14-18(20(3)4)10-12-21-13-11-18/h5-9,15,17,19H,10-14H2,1-4H3/t17-/m0/s1. The van der Waals surface area contributed by atoms with E-state index in [1.54, 1.807) is 0 Å². The van der Waals surface area contributed by atoms with E-state index < -0.39 is 0 Å². The van der Waals surface area contributed by atoms with Gasteiger partial charge in [-0.1, -0.05) is 44.2 Å². The van der Waals surface area contributed by atoms with Gasteiger partial charge in [0.25, 0.3) is 0 Å². The molecule has 1 fully saturated rings. The Labute approximate surface area is 129 Å². The number of ether oxygens (including phenoxy) is 1. The minimum atomic E-state index is 0.222. The largest absolute Gasteiger partial charge is 0.381 e. The van der Waals surface area contributed by atoms with Crippen LogP contribution in [-0.4, -0.2) is 44.3 Å². The third-order valence-electron chi connectivity index (χ3n) is 4.85. The van der Waals surface area contributed by atoms with E-state index in [0.29, 0.717) is 12.0 Å². The zero-order chi connectivity index (χ0) is 15.3. The molecule has 1 aliphatic rings. The van der Waals surface area contributed by atoms with Crippen LogP contribution < -0.4 is 5.32 Å². The van der Waals surface area contributed by atoms with Gasteiger partial charge in [-0.05, 0) is 38.4 Å². The Morgan fingerprint density at radius 3 is 2.29 bits per heavy atom. The van der Waals surface area contributed by atoms with Gasteiger partial charge >= 0.3 is 0 Å². The monoisotopic (exact) mass is 290 g/mol. The number of nitrogens with zero attached hydrogens (tertiary/aromatic N) is 1. The molecule has 3 heteroatoms. The summed E-state index contributed by atoms with van der Waals surface area (Å²) in [4.78, 5) is 2.38. The maximum atomic E-state index is 5.56. The zero-order valence-electron chi connectivity index (χ0n) is 13.9. The fraction of sp³-hybridized carbons (Fsp3) is 0.667. The van der Waals surface area contributed by atoms with Crippen LogP contribution in [0, 0.1) is 5.92 Å². The molecule has 0 unspecified atom stereocenters. The fourth-order valence-electron chi connectivity index (χ4n) is 3.23. The maximum absolute atomic E-state index is 5.56. The minimum Gasteiger partial charge on any atom is -0.381 e. The van der Waals surface area contributed by atoms with E-state index in [1.807, 2.05) is 0 Å². The average Bonchev–Trinajstić information content (AvgIpc) is 2.49. The Morgan fingerprint density at radius 1 is 1.14 bits per heavy atom. The third kappa shape index (κ3) is 4.06. The zero-order valence-corrected chi connectivity index (χ0v) is 13.9. The lowest BCUT2D eigenvalue weighted by Gasteiger charge is -2.44. The van der Waals surface area contributed by atoms with Crippen LogP contribution >= 0.6 is 0 Å². The average molecular weight is 290 g/mol. The molecule has 0 aromatic heterocycles. The molecule has 1 saturated heterocycles. The van der Waals surface area contributed by atoms with Crippen molar-refractivity contribution in [2.75, 3.05) is 33.9 Å². The summed E-state index contributed by atoms with van der Waals surface area (Å²) in [5.74, 6) is 0.575. The molecule has 1 N–H and O–H groups in total. The highest BCUT2D eigenvalue weighted by atomic mass is 16.5. The number of hydrogen-bond acceptors (Lipinski definition) is 3. The van der Waals surface area contributed by atoms with Gasteiger partial charge in [-0.25, -0.2) is 0 Å². The normalized spacial score (nSPS) is 19.9. The molecule has 3 nitrogen and oxygen atoms in total. The van der Waals surface area contributed by atoms with E-state index in [1.165, 1.54) is 5.56 Å². The van der Waals surface area contributed by atoms with Gasteiger partial charge < -0.3 is 15.0 Å². The molecule has 0 aliphatic carbocycles. The summed E-state index contributed by atoms with van der Waals surface area (Å²) in [5.41, 5.74) is 1.61. The molecule has 0 spiro atoms. The van der Waals surface area contributed by atoms with Gasteiger partial charge in [-0.2, -0.15) is 0 Å². The molecule has 118 valence electrons. The van der Waals surface area contributed by atoms with Gasteiger partial charge in [0, 0.05) is 31.3 Å². The van der Waals surface area contributed by atoms with Crippen LogP contribution in [-0.2, 0) is 4.74 Å². The van der Waals surface area contributed by atoms with Crippen LogP contribution in [0.5, 0.6) is 0 Å². The first-order chi connectivity index (χ1) is 10.1. The second-order valence-electron chi connectivity index (χ2n) is 6.74. The summed E-state index contributed by atoms with van der Waals surface area (Å²) < 4.78 is 5.56. The molecular weight excluding hydrogens is 260 g/mol. The molecule has 0 radical (unpaired) electrons. The number of rotatable bonds is 6. The number of likely N-dealkylation sites (N-methyl/N-ethyl adjacent to an activating group) is 1. The van der Waals surface area contributed by atoms with E-state index in [2.05, 4.69) is 68.5 Å². The van der Waals surface area contributed by atoms with E-state index >= 15 is 0 Å². The van der Waals surface area contributed by atoms with Crippen LogP contribution in [0.15, 0.2) is 30.3 Å². The third-order valence-corrected chi connectivity index (χ3v) is 4.85. The molecular formula is C18H30N2O. The predicted octanol–water partition coefficient (Wildman–Crippen LogP) is 3.08. The second kappa shape index (κ2) is 7.39. The SMILES string of the molecule is CC(C)[C@H](NCC1(N(C)C)CCOCC1)c1ccccc1. The molecule has 1 aliphatic heterocycles. The molecule has 1 aromatic rings. The molecule has 0 amide bonds. The Bertz CT molecular complexity index is 410. The maximum Gasteiger partial charge on any atom is 0.0484 e. The van der Waals surface area contributed by atoms with Crippen LogP contribution in [0.1, 0.15) is 38.3 Å². The minimum absolute atomic E-state index is 0.222. The highest BCUT2D eigenvalue weighted by Gasteiger charge is 2.35. The Kier molecular flexibility index (Phi) is 5.80. The first-order valence-corrected chi connectivity index (χ1v) is 8.09. The number of benzene rings is 1. The van der Waals surface area contributed by atoms with Crippen LogP contribution in [0.3, 0.4) is 0 Å². The highest BCUT2D eigenvalue weighted by molar-refractivity contribution is 5.19. The molecule has 2 rings (SSSR count). The summed E-state index contributed by atoms with van der Waals surface area (Å²) in [6.45, 7) is 7.34. The van der Waals surface area contributed by atoms with Crippen molar-refractivity contribution in [3.63, 3.8) is 0 Å². The highest BCUT2D eigenvalue weighted by Crippen LogP contribution is 2.28. The lowest BCUT2D eigenvalue weighted by Crippen LogP contribution is -2.55. The summed E-state index contributed by atoms with van der Waals surface area (Å²) in [6.07, 6.45) is 2.21. The van der Waals surface area contributed by atoms with E-state index in [0.717, 1.165) is 32.6 Å². The van der Waals surface area contributed by atoms with Crippen LogP contribution in [0.2, 0.25) is 0 Å². The Hall–Kier alpha value is -0.900. The number of hydrogen-bond donors (Lipinski definition) is 1. The molecule has 1 heterocycles. The van der Waals surface area contributed by atoms with Crippen LogP contribution in [0.25, 0.3) is 0 Å². The van der Waals surface area contributed by atoms with Crippen molar-refractivity contribution in [3.05, 3.63) is 35.9 Å². The topological polar surface area (TPSA) is 24.5 Å². The smallest absolute Gasteiger partial charge is 0.0484 e. The lowest BCUT2D eigenvalue weighted by atomic mass is 9.87. The van der Waals surface area contributed by atoms with Crippen molar-refractivity contribution < 1.29 is 4.74 Å². The van der Waals surface area contributed by atoms with E-state index in [-0.39, 0.29) is 5.54 Å². The van der Waals surface area contributed by atoms with Crippen molar-refractivity contribution in [3.8, 4) is 0 Å². The molecule has 0 bridgehead atoms.